The highest BCUT2D eigenvalue weighted by Crippen LogP contribution is 2.30. The van der Waals surface area contributed by atoms with Crippen molar-refractivity contribution in [3.8, 4) is 5.75 Å². The molecule has 0 bridgehead atoms. The molecule has 3 rings (SSSR count). The van der Waals surface area contributed by atoms with Gasteiger partial charge in [0, 0.05) is 31.7 Å². The van der Waals surface area contributed by atoms with Gasteiger partial charge in [0.05, 0.1) is 7.11 Å². The molecule has 150 valence electrons. The summed E-state index contributed by atoms with van der Waals surface area (Å²) in [5.74, 6) is 0.755. The van der Waals surface area contributed by atoms with E-state index in [4.69, 9.17) is 4.74 Å². The van der Waals surface area contributed by atoms with Gasteiger partial charge in [-0.05, 0) is 63.4 Å². The summed E-state index contributed by atoms with van der Waals surface area (Å²) in [5.41, 5.74) is 0.403. The Balaban J connectivity index is 1.82. The van der Waals surface area contributed by atoms with E-state index in [1.54, 1.807) is 12.1 Å². The summed E-state index contributed by atoms with van der Waals surface area (Å²) >= 11 is 0. The van der Waals surface area contributed by atoms with Gasteiger partial charge in [0.25, 0.3) is 5.91 Å². The van der Waals surface area contributed by atoms with E-state index >= 15 is 0 Å². The van der Waals surface area contributed by atoms with Crippen LogP contribution >= 0.6 is 0 Å². The van der Waals surface area contributed by atoms with E-state index in [9.17, 15) is 13.2 Å². The third-order valence-corrected chi connectivity index (χ3v) is 7.41. The first-order valence-corrected chi connectivity index (χ1v) is 11.0. The topological polar surface area (TPSA) is 79.0 Å². The zero-order valence-corrected chi connectivity index (χ0v) is 16.9. The highest BCUT2D eigenvalue weighted by Gasteiger charge is 2.31. The van der Waals surface area contributed by atoms with Gasteiger partial charge in [-0.25, -0.2) is 8.42 Å². The lowest BCUT2D eigenvalue weighted by atomic mass is 9.96. The van der Waals surface area contributed by atoms with Gasteiger partial charge in [-0.1, -0.05) is 0 Å². The molecule has 1 aromatic rings. The van der Waals surface area contributed by atoms with Crippen molar-refractivity contribution >= 4 is 15.9 Å². The SMILES string of the molecule is CNCC1CCN(C(=O)c2ccc(OC)c(S(=O)(=O)N3CCCC3)c2)CC1. The predicted molar refractivity (Wildman–Crippen MR) is 104 cm³/mol. The van der Waals surface area contributed by atoms with Crippen LogP contribution in [0.1, 0.15) is 36.0 Å². The van der Waals surface area contributed by atoms with E-state index in [0.717, 1.165) is 32.2 Å². The van der Waals surface area contributed by atoms with E-state index < -0.39 is 10.0 Å². The van der Waals surface area contributed by atoms with Crippen LogP contribution in [0.4, 0.5) is 0 Å². The second kappa shape index (κ2) is 8.58. The Morgan fingerprint density at radius 2 is 1.85 bits per heavy atom. The molecule has 0 saturated carbocycles. The molecule has 27 heavy (non-hydrogen) atoms. The standard InChI is InChI=1S/C19H29N3O4S/c1-20-14-15-7-11-21(12-8-15)19(23)16-5-6-17(26-2)18(13-16)27(24,25)22-9-3-4-10-22/h5-6,13,15,20H,3-4,7-12,14H2,1-2H3. The Morgan fingerprint density at radius 3 is 2.44 bits per heavy atom. The largest absolute Gasteiger partial charge is 0.495 e. The summed E-state index contributed by atoms with van der Waals surface area (Å²) in [7, 11) is -0.263. The van der Waals surface area contributed by atoms with E-state index in [0.29, 0.717) is 37.7 Å². The van der Waals surface area contributed by atoms with E-state index in [1.165, 1.54) is 17.5 Å². The highest BCUT2D eigenvalue weighted by atomic mass is 32.2. The van der Waals surface area contributed by atoms with Crippen molar-refractivity contribution in [3.63, 3.8) is 0 Å². The third kappa shape index (κ3) is 4.28. The number of hydrogen-bond donors (Lipinski definition) is 1. The molecule has 1 N–H and O–H groups in total. The maximum atomic E-state index is 13.0. The molecule has 8 heteroatoms. The van der Waals surface area contributed by atoms with Gasteiger partial charge in [-0.15, -0.1) is 0 Å². The fraction of sp³-hybridized carbons (Fsp3) is 0.632. The van der Waals surface area contributed by atoms with Crippen molar-refractivity contribution in [1.29, 1.82) is 0 Å². The number of nitrogens with zero attached hydrogens (tertiary/aromatic N) is 2. The van der Waals surface area contributed by atoms with Gasteiger partial charge >= 0.3 is 0 Å². The highest BCUT2D eigenvalue weighted by molar-refractivity contribution is 7.89. The first-order valence-electron chi connectivity index (χ1n) is 9.59. The van der Waals surface area contributed by atoms with E-state index in [1.807, 2.05) is 11.9 Å². The molecule has 2 aliphatic rings. The van der Waals surface area contributed by atoms with Crippen LogP contribution in [0, 0.1) is 5.92 Å². The minimum absolute atomic E-state index is 0.0859. The van der Waals surface area contributed by atoms with Crippen LogP contribution in [0.25, 0.3) is 0 Å². The molecule has 0 aliphatic carbocycles. The van der Waals surface area contributed by atoms with Crippen molar-refractivity contribution in [2.45, 2.75) is 30.6 Å². The Morgan fingerprint density at radius 1 is 1.19 bits per heavy atom. The average Bonchev–Trinajstić information content (AvgIpc) is 3.23. The Bertz CT molecular complexity index is 767. The first-order chi connectivity index (χ1) is 13.0. The van der Waals surface area contributed by atoms with Crippen molar-refractivity contribution < 1.29 is 17.9 Å². The fourth-order valence-corrected chi connectivity index (χ4v) is 5.59. The second-order valence-corrected chi connectivity index (χ2v) is 9.18. The number of likely N-dealkylation sites (tertiary alicyclic amines) is 1. The van der Waals surface area contributed by atoms with Crippen LogP contribution in [0.3, 0.4) is 0 Å². The van der Waals surface area contributed by atoms with Crippen LogP contribution in [-0.4, -0.2) is 70.4 Å². The number of methoxy groups -OCH3 is 1. The maximum Gasteiger partial charge on any atom is 0.253 e. The van der Waals surface area contributed by atoms with E-state index in [-0.39, 0.29) is 16.6 Å². The predicted octanol–water partition coefficient (Wildman–Crippen LogP) is 1.55. The van der Waals surface area contributed by atoms with Crippen LogP contribution < -0.4 is 10.1 Å². The average molecular weight is 396 g/mol. The van der Waals surface area contributed by atoms with E-state index in [2.05, 4.69) is 5.32 Å². The monoisotopic (exact) mass is 395 g/mol. The summed E-state index contributed by atoms with van der Waals surface area (Å²) in [5, 5.41) is 3.19. The zero-order chi connectivity index (χ0) is 19.4. The summed E-state index contributed by atoms with van der Waals surface area (Å²) in [6.45, 7) is 3.39. The van der Waals surface area contributed by atoms with Crippen LogP contribution in [0.15, 0.2) is 23.1 Å². The van der Waals surface area contributed by atoms with Crippen molar-refractivity contribution in [3.05, 3.63) is 23.8 Å². The molecule has 2 heterocycles. The summed E-state index contributed by atoms with van der Waals surface area (Å²) < 4.78 is 32.7. The van der Waals surface area contributed by atoms with Gasteiger partial charge in [-0.3, -0.25) is 4.79 Å². The van der Waals surface area contributed by atoms with Crippen LogP contribution in [-0.2, 0) is 10.0 Å². The zero-order valence-electron chi connectivity index (χ0n) is 16.1. The quantitative estimate of drug-likeness (QED) is 0.791. The Kier molecular flexibility index (Phi) is 6.39. The van der Waals surface area contributed by atoms with Crippen molar-refractivity contribution in [2.24, 2.45) is 5.92 Å². The first kappa shape index (κ1) is 20.1. The molecular weight excluding hydrogens is 366 g/mol. The maximum absolute atomic E-state index is 13.0. The molecule has 0 spiro atoms. The molecule has 0 atom stereocenters. The molecule has 2 fully saturated rings. The number of amides is 1. The number of nitrogens with one attached hydrogen (secondary N) is 1. The molecule has 2 aliphatic heterocycles. The van der Waals surface area contributed by atoms with Gasteiger partial charge in [0.2, 0.25) is 10.0 Å². The molecule has 1 aromatic carbocycles. The number of benzene rings is 1. The number of sulfonamides is 1. The van der Waals surface area contributed by atoms with Crippen molar-refractivity contribution in [2.75, 3.05) is 46.9 Å². The number of carbonyl (C=O) groups excluding carboxylic acids is 1. The molecule has 0 aromatic heterocycles. The van der Waals surface area contributed by atoms with Crippen LogP contribution in [0.2, 0.25) is 0 Å². The Labute approximate surface area is 161 Å². The number of carbonyl (C=O) groups is 1. The number of hydrogen-bond acceptors (Lipinski definition) is 5. The van der Waals surface area contributed by atoms with Crippen molar-refractivity contribution in [1.82, 2.24) is 14.5 Å². The lowest BCUT2D eigenvalue weighted by molar-refractivity contribution is 0.0690. The number of rotatable bonds is 6. The molecule has 1 amide bonds. The normalized spacial score (nSPS) is 19.4. The second-order valence-electron chi connectivity index (χ2n) is 7.27. The smallest absolute Gasteiger partial charge is 0.253 e. The molecule has 0 radical (unpaired) electrons. The van der Waals surface area contributed by atoms with Gasteiger partial charge in [0.15, 0.2) is 0 Å². The molecule has 7 nitrogen and oxygen atoms in total. The Hall–Kier alpha value is -1.64. The lowest BCUT2D eigenvalue weighted by Crippen LogP contribution is -2.40. The lowest BCUT2D eigenvalue weighted by Gasteiger charge is -2.32. The number of ether oxygens (including phenoxy) is 1. The minimum Gasteiger partial charge on any atom is -0.495 e. The fourth-order valence-electron chi connectivity index (χ4n) is 3.89. The molecule has 2 saturated heterocycles. The van der Waals surface area contributed by atoms with Gasteiger partial charge in [0.1, 0.15) is 10.6 Å². The minimum atomic E-state index is -3.65. The summed E-state index contributed by atoms with van der Waals surface area (Å²) in [6.07, 6.45) is 3.65. The molecule has 0 unspecified atom stereocenters. The van der Waals surface area contributed by atoms with Gasteiger partial charge < -0.3 is 15.0 Å². The van der Waals surface area contributed by atoms with Gasteiger partial charge in [-0.2, -0.15) is 4.31 Å². The van der Waals surface area contributed by atoms with Crippen LogP contribution in [0.5, 0.6) is 5.75 Å². The number of piperidine rings is 1. The molecular formula is C19H29N3O4S. The summed E-state index contributed by atoms with van der Waals surface area (Å²) in [4.78, 5) is 14.8. The summed E-state index contributed by atoms with van der Waals surface area (Å²) in [6, 6.07) is 4.72. The third-order valence-electron chi connectivity index (χ3n) is 5.49.